The highest BCUT2D eigenvalue weighted by molar-refractivity contribution is 5.85. The van der Waals surface area contributed by atoms with Crippen molar-refractivity contribution in [2.75, 3.05) is 7.11 Å². The van der Waals surface area contributed by atoms with E-state index in [1.54, 1.807) is 24.8 Å². The predicted molar refractivity (Wildman–Crippen MR) is 110 cm³/mol. The summed E-state index contributed by atoms with van der Waals surface area (Å²) in [6.45, 7) is 0.691. The molecule has 0 aliphatic heterocycles. The number of methoxy groups -OCH3 is 1. The maximum Gasteiger partial charge on any atom is 0.250 e. The molecule has 4 aromatic rings. The maximum atomic E-state index is 12.3. The molecule has 0 aliphatic carbocycles. The van der Waals surface area contributed by atoms with Gasteiger partial charge in [0, 0.05) is 47.8 Å². The Bertz CT molecular complexity index is 1160. The zero-order valence-electron chi connectivity index (χ0n) is 15.9. The fraction of sp³-hybridized carbons (Fsp3) is 0.130. The molecule has 0 amide bonds. The monoisotopic (exact) mass is 371 g/mol. The first-order chi connectivity index (χ1) is 13.7. The number of pyridine rings is 1. The Balaban J connectivity index is 1.80. The standard InChI is InChI=1S/C23H21N3O2/c1-25-16-21(18-13-24-26(15-18)14-17-8-4-3-5-9-17)20(12-23(25)27)19-10-6-7-11-22(19)28-2/h3-13,15-16H,14H2,1-2H3. The minimum atomic E-state index is -0.0682. The Morgan fingerprint density at radius 2 is 1.68 bits per heavy atom. The molecule has 4 rings (SSSR count). The average Bonchev–Trinajstić information content (AvgIpc) is 3.18. The van der Waals surface area contributed by atoms with Gasteiger partial charge in [0.2, 0.25) is 0 Å². The lowest BCUT2D eigenvalue weighted by molar-refractivity contribution is 0.416. The third-order valence-electron chi connectivity index (χ3n) is 4.76. The molecule has 2 aromatic carbocycles. The molecular formula is C23H21N3O2. The van der Waals surface area contributed by atoms with Crippen molar-refractivity contribution in [1.29, 1.82) is 0 Å². The van der Waals surface area contributed by atoms with Crippen molar-refractivity contribution < 1.29 is 4.74 Å². The number of rotatable bonds is 5. The zero-order valence-corrected chi connectivity index (χ0v) is 15.9. The van der Waals surface area contributed by atoms with Crippen molar-refractivity contribution in [2.24, 2.45) is 7.05 Å². The Labute approximate surface area is 163 Å². The fourth-order valence-electron chi connectivity index (χ4n) is 3.31. The molecule has 0 fully saturated rings. The van der Waals surface area contributed by atoms with E-state index in [1.807, 2.05) is 65.7 Å². The highest BCUT2D eigenvalue weighted by Crippen LogP contribution is 2.36. The Kier molecular flexibility index (Phi) is 4.81. The van der Waals surface area contributed by atoms with Crippen LogP contribution in [-0.2, 0) is 13.6 Å². The van der Waals surface area contributed by atoms with Crippen LogP contribution in [0.3, 0.4) is 0 Å². The summed E-state index contributed by atoms with van der Waals surface area (Å²) in [7, 11) is 3.39. The molecule has 0 aliphatic rings. The molecule has 0 unspecified atom stereocenters. The molecule has 0 atom stereocenters. The van der Waals surface area contributed by atoms with Gasteiger partial charge in [-0.3, -0.25) is 9.48 Å². The van der Waals surface area contributed by atoms with Gasteiger partial charge in [-0.2, -0.15) is 5.10 Å². The van der Waals surface area contributed by atoms with Gasteiger partial charge < -0.3 is 9.30 Å². The summed E-state index contributed by atoms with van der Waals surface area (Å²) in [6.07, 6.45) is 5.70. The molecule has 140 valence electrons. The molecular weight excluding hydrogens is 350 g/mol. The van der Waals surface area contributed by atoms with E-state index in [-0.39, 0.29) is 5.56 Å². The summed E-state index contributed by atoms with van der Waals surface area (Å²) in [5, 5.41) is 4.52. The van der Waals surface area contributed by atoms with Crippen molar-refractivity contribution in [3.8, 4) is 28.0 Å². The quantitative estimate of drug-likeness (QED) is 0.533. The summed E-state index contributed by atoms with van der Waals surface area (Å²) in [6, 6.07) is 19.6. The molecule has 2 aromatic heterocycles. The van der Waals surface area contributed by atoms with E-state index in [2.05, 4.69) is 17.2 Å². The summed E-state index contributed by atoms with van der Waals surface area (Å²) in [4.78, 5) is 12.3. The van der Waals surface area contributed by atoms with Crippen molar-refractivity contribution in [2.45, 2.75) is 6.54 Å². The summed E-state index contributed by atoms with van der Waals surface area (Å²) in [5.74, 6) is 0.730. The van der Waals surface area contributed by atoms with Gasteiger partial charge in [0.1, 0.15) is 5.75 Å². The van der Waals surface area contributed by atoms with E-state index in [0.717, 1.165) is 28.0 Å². The lowest BCUT2D eigenvalue weighted by Gasteiger charge is -2.13. The SMILES string of the molecule is COc1ccccc1-c1cc(=O)n(C)cc1-c1cnn(Cc2ccccc2)c1. The van der Waals surface area contributed by atoms with Crippen LogP contribution in [0.15, 0.2) is 84.0 Å². The van der Waals surface area contributed by atoms with Crippen LogP contribution in [0.5, 0.6) is 5.75 Å². The van der Waals surface area contributed by atoms with Gasteiger partial charge in [-0.15, -0.1) is 0 Å². The number of nitrogens with zero attached hydrogens (tertiary/aromatic N) is 3. The number of benzene rings is 2. The molecule has 0 saturated carbocycles. The van der Waals surface area contributed by atoms with Gasteiger partial charge in [0.25, 0.3) is 5.56 Å². The highest BCUT2D eigenvalue weighted by Gasteiger charge is 2.15. The molecule has 5 nitrogen and oxygen atoms in total. The topological polar surface area (TPSA) is 49.1 Å². The second kappa shape index (κ2) is 7.56. The van der Waals surface area contributed by atoms with Crippen molar-refractivity contribution >= 4 is 0 Å². The van der Waals surface area contributed by atoms with Crippen LogP contribution in [0.2, 0.25) is 0 Å². The van der Waals surface area contributed by atoms with Gasteiger partial charge in [0.15, 0.2) is 0 Å². The molecule has 2 heterocycles. The molecule has 28 heavy (non-hydrogen) atoms. The van der Waals surface area contributed by atoms with E-state index in [0.29, 0.717) is 6.54 Å². The third-order valence-corrected chi connectivity index (χ3v) is 4.76. The van der Waals surface area contributed by atoms with Gasteiger partial charge in [-0.05, 0) is 11.6 Å². The van der Waals surface area contributed by atoms with E-state index in [4.69, 9.17) is 4.74 Å². The first-order valence-electron chi connectivity index (χ1n) is 9.06. The molecule has 0 radical (unpaired) electrons. The van der Waals surface area contributed by atoms with Crippen molar-refractivity contribution in [1.82, 2.24) is 14.3 Å². The van der Waals surface area contributed by atoms with Crippen LogP contribution in [0.1, 0.15) is 5.56 Å². The molecule has 0 N–H and O–H groups in total. The van der Waals surface area contributed by atoms with Crippen LogP contribution >= 0.6 is 0 Å². The second-order valence-corrected chi connectivity index (χ2v) is 6.66. The lowest BCUT2D eigenvalue weighted by Crippen LogP contribution is -2.15. The van der Waals surface area contributed by atoms with E-state index < -0.39 is 0 Å². The molecule has 0 spiro atoms. The Hall–Kier alpha value is -3.60. The Morgan fingerprint density at radius 1 is 0.929 bits per heavy atom. The first-order valence-corrected chi connectivity index (χ1v) is 9.06. The molecule has 0 saturated heterocycles. The summed E-state index contributed by atoms with van der Waals surface area (Å²) in [5.41, 5.74) is 4.72. The minimum Gasteiger partial charge on any atom is -0.496 e. The van der Waals surface area contributed by atoms with Crippen LogP contribution in [0, 0.1) is 0 Å². The van der Waals surface area contributed by atoms with Crippen LogP contribution < -0.4 is 10.3 Å². The largest absolute Gasteiger partial charge is 0.496 e. The smallest absolute Gasteiger partial charge is 0.250 e. The van der Waals surface area contributed by atoms with Gasteiger partial charge in [0.05, 0.1) is 19.9 Å². The summed E-state index contributed by atoms with van der Waals surface area (Å²) < 4.78 is 9.01. The first kappa shape index (κ1) is 17.8. The average molecular weight is 371 g/mol. The number of ether oxygens (including phenoxy) is 1. The zero-order chi connectivity index (χ0) is 19.5. The van der Waals surface area contributed by atoms with E-state index >= 15 is 0 Å². The Morgan fingerprint density at radius 3 is 2.46 bits per heavy atom. The lowest BCUT2D eigenvalue weighted by atomic mass is 9.97. The molecule has 5 heteroatoms. The normalized spacial score (nSPS) is 10.8. The van der Waals surface area contributed by atoms with Crippen LogP contribution in [0.25, 0.3) is 22.3 Å². The number of hydrogen-bond donors (Lipinski definition) is 0. The molecule has 0 bridgehead atoms. The van der Waals surface area contributed by atoms with Crippen molar-refractivity contribution in [3.63, 3.8) is 0 Å². The number of aryl methyl sites for hydroxylation is 1. The number of para-hydroxylation sites is 1. The van der Waals surface area contributed by atoms with Gasteiger partial charge >= 0.3 is 0 Å². The van der Waals surface area contributed by atoms with Crippen LogP contribution in [-0.4, -0.2) is 21.5 Å². The van der Waals surface area contributed by atoms with E-state index in [1.165, 1.54) is 5.56 Å². The number of aromatic nitrogens is 3. The second-order valence-electron chi connectivity index (χ2n) is 6.66. The van der Waals surface area contributed by atoms with Gasteiger partial charge in [-0.1, -0.05) is 48.5 Å². The van der Waals surface area contributed by atoms with Crippen molar-refractivity contribution in [3.05, 3.63) is 95.2 Å². The van der Waals surface area contributed by atoms with E-state index in [9.17, 15) is 4.79 Å². The predicted octanol–water partition coefficient (Wildman–Crippen LogP) is 3.97. The summed E-state index contributed by atoms with van der Waals surface area (Å²) >= 11 is 0. The fourth-order valence-corrected chi connectivity index (χ4v) is 3.31. The minimum absolute atomic E-state index is 0.0682. The highest BCUT2D eigenvalue weighted by atomic mass is 16.5. The van der Waals surface area contributed by atoms with Crippen LogP contribution in [0.4, 0.5) is 0 Å². The van der Waals surface area contributed by atoms with Gasteiger partial charge in [-0.25, -0.2) is 0 Å². The maximum absolute atomic E-state index is 12.3. The number of hydrogen-bond acceptors (Lipinski definition) is 3. The third kappa shape index (κ3) is 3.47.